The summed E-state index contributed by atoms with van der Waals surface area (Å²) in [4.78, 5) is 4.52. The zero-order valence-corrected chi connectivity index (χ0v) is 21.1. The Balaban J connectivity index is 1.35. The molecule has 3 N–H and O–H groups in total. The molecule has 0 bridgehead atoms. The third kappa shape index (κ3) is 7.49. The van der Waals surface area contributed by atoms with E-state index in [0.717, 1.165) is 50.6 Å². The lowest BCUT2D eigenvalue weighted by Gasteiger charge is -2.36. The van der Waals surface area contributed by atoms with Crippen LogP contribution in [0.25, 0.3) is 0 Å². The fourth-order valence-corrected chi connectivity index (χ4v) is 4.14. The molecule has 1 aliphatic rings. The molecule has 0 aromatic heterocycles. The fourth-order valence-electron chi connectivity index (χ4n) is 3.03. The average Bonchev–Trinajstić information content (AvgIpc) is 2.74. The first-order valence-corrected chi connectivity index (χ1v) is 11.9. The third-order valence-electron chi connectivity index (χ3n) is 4.72. The smallest absolute Gasteiger partial charge is 0.173 e. The summed E-state index contributed by atoms with van der Waals surface area (Å²) in [5.74, 6) is 0. The molecule has 2 aromatic carbocycles. The number of rotatable bonds is 5. The minimum absolute atomic E-state index is 0.485. The SMILES string of the molecule is S=C(NCCN1CCN(C(=S)Nc2ccc(Cl)c(Cl)c2)CC1)Nc1ccc(Cl)c(Cl)c1. The topological polar surface area (TPSA) is 42.6 Å². The number of hydrogen-bond donors (Lipinski definition) is 3. The molecule has 1 saturated heterocycles. The van der Waals surface area contributed by atoms with Gasteiger partial charge in [0.25, 0.3) is 0 Å². The predicted molar refractivity (Wildman–Crippen MR) is 141 cm³/mol. The molecule has 0 saturated carbocycles. The van der Waals surface area contributed by atoms with Gasteiger partial charge < -0.3 is 20.9 Å². The van der Waals surface area contributed by atoms with Crippen molar-refractivity contribution >= 4 is 92.4 Å². The molecular formula is C20H21Cl4N5S2. The van der Waals surface area contributed by atoms with Gasteiger partial charge in [0.15, 0.2) is 10.2 Å². The van der Waals surface area contributed by atoms with Crippen LogP contribution in [-0.4, -0.2) is 59.3 Å². The zero-order chi connectivity index (χ0) is 22.4. The highest BCUT2D eigenvalue weighted by atomic mass is 35.5. The molecule has 5 nitrogen and oxygen atoms in total. The largest absolute Gasteiger partial charge is 0.361 e. The average molecular weight is 537 g/mol. The first kappa shape index (κ1) is 24.6. The Bertz CT molecular complexity index is 948. The summed E-state index contributed by atoms with van der Waals surface area (Å²) in [6.07, 6.45) is 0. The van der Waals surface area contributed by atoms with Crippen LogP contribution < -0.4 is 16.0 Å². The minimum atomic E-state index is 0.485. The molecule has 1 aliphatic heterocycles. The molecule has 3 rings (SSSR count). The van der Waals surface area contributed by atoms with Gasteiger partial charge in [0.05, 0.1) is 20.1 Å². The molecule has 0 amide bonds. The van der Waals surface area contributed by atoms with E-state index in [1.807, 2.05) is 12.1 Å². The highest BCUT2D eigenvalue weighted by molar-refractivity contribution is 7.80. The predicted octanol–water partition coefficient (Wildman–Crippen LogP) is 5.60. The highest BCUT2D eigenvalue weighted by Crippen LogP contribution is 2.26. The monoisotopic (exact) mass is 535 g/mol. The summed E-state index contributed by atoms with van der Waals surface area (Å²) in [7, 11) is 0. The van der Waals surface area contributed by atoms with E-state index < -0.39 is 0 Å². The molecule has 166 valence electrons. The van der Waals surface area contributed by atoms with Gasteiger partial charge in [-0.25, -0.2) is 0 Å². The lowest BCUT2D eigenvalue weighted by molar-refractivity contribution is 0.186. The fraction of sp³-hybridized carbons (Fsp3) is 0.300. The van der Waals surface area contributed by atoms with Crippen molar-refractivity contribution in [3.8, 4) is 0 Å². The summed E-state index contributed by atoms with van der Waals surface area (Å²) in [5.41, 5.74) is 1.62. The molecule has 0 radical (unpaired) electrons. The number of piperazine rings is 1. The standard InChI is InChI=1S/C20H21Cl4N5S2/c21-15-3-1-13(11-17(15)23)26-19(30)25-5-6-28-7-9-29(10-8-28)20(31)27-14-2-4-16(22)18(24)12-14/h1-4,11-12H,5-10H2,(H,27,31)(H2,25,26,30). The van der Waals surface area contributed by atoms with Crippen LogP contribution in [0.15, 0.2) is 36.4 Å². The van der Waals surface area contributed by atoms with Crippen molar-refractivity contribution in [3.63, 3.8) is 0 Å². The minimum Gasteiger partial charge on any atom is -0.361 e. The number of hydrogen-bond acceptors (Lipinski definition) is 3. The van der Waals surface area contributed by atoms with Crippen LogP contribution in [0.1, 0.15) is 0 Å². The van der Waals surface area contributed by atoms with Gasteiger partial charge in [0.2, 0.25) is 0 Å². The Hall–Kier alpha value is -1.06. The maximum atomic E-state index is 6.07. The summed E-state index contributed by atoms with van der Waals surface area (Å²) in [6, 6.07) is 10.7. The molecule has 2 aromatic rings. The second-order valence-corrected chi connectivity index (χ2v) is 9.32. The van der Waals surface area contributed by atoms with Gasteiger partial charge in [-0.3, -0.25) is 4.90 Å². The van der Waals surface area contributed by atoms with E-state index in [1.54, 1.807) is 24.3 Å². The van der Waals surface area contributed by atoms with Crippen molar-refractivity contribution in [1.82, 2.24) is 15.1 Å². The van der Waals surface area contributed by atoms with Gasteiger partial charge in [-0.2, -0.15) is 0 Å². The van der Waals surface area contributed by atoms with Crippen molar-refractivity contribution in [2.75, 3.05) is 49.9 Å². The Kier molecular flexibility index (Phi) is 9.28. The van der Waals surface area contributed by atoms with E-state index in [1.165, 1.54) is 0 Å². The van der Waals surface area contributed by atoms with Gasteiger partial charge >= 0.3 is 0 Å². The van der Waals surface area contributed by atoms with E-state index in [0.29, 0.717) is 30.3 Å². The lowest BCUT2D eigenvalue weighted by Crippen LogP contribution is -2.51. The summed E-state index contributed by atoms with van der Waals surface area (Å²) in [5, 5.41) is 12.8. The van der Waals surface area contributed by atoms with Gasteiger partial charge in [-0.05, 0) is 60.8 Å². The Morgan fingerprint density at radius 3 is 1.87 bits per heavy atom. The summed E-state index contributed by atoms with van der Waals surface area (Å²) >= 11 is 34.9. The second-order valence-electron chi connectivity index (χ2n) is 6.90. The second kappa shape index (κ2) is 11.7. The molecule has 31 heavy (non-hydrogen) atoms. The quantitative estimate of drug-likeness (QED) is 0.429. The van der Waals surface area contributed by atoms with Crippen LogP contribution in [0.3, 0.4) is 0 Å². The molecule has 0 unspecified atom stereocenters. The first-order chi connectivity index (χ1) is 14.8. The number of halogens is 4. The number of nitrogens with zero attached hydrogens (tertiary/aromatic N) is 2. The summed E-state index contributed by atoms with van der Waals surface area (Å²) in [6.45, 7) is 5.14. The van der Waals surface area contributed by atoms with E-state index >= 15 is 0 Å². The molecule has 1 fully saturated rings. The van der Waals surface area contributed by atoms with Crippen LogP contribution in [0, 0.1) is 0 Å². The molecule has 0 aliphatic carbocycles. The lowest BCUT2D eigenvalue weighted by atomic mass is 10.3. The van der Waals surface area contributed by atoms with Crippen molar-refractivity contribution < 1.29 is 0 Å². The molecule has 0 spiro atoms. The maximum Gasteiger partial charge on any atom is 0.173 e. The van der Waals surface area contributed by atoms with E-state index in [-0.39, 0.29) is 0 Å². The van der Waals surface area contributed by atoms with Crippen molar-refractivity contribution in [2.24, 2.45) is 0 Å². The van der Waals surface area contributed by atoms with E-state index in [2.05, 4.69) is 25.8 Å². The van der Waals surface area contributed by atoms with Gasteiger partial charge in [0, 0.05) is 50.6 Å². The van der Waals surface area contributed by atoms with E-state index in [4.69, 9.17) is 70.8 Å². The number of benzene rings is 2. The Morgan fingerprint density at radius 1 is 0.774 bits per heavy atom. The van der Waals surface area contributed by atoms with Crippen molar-refractivity contribution in [3.05, 3.63) is 56.5 Å². The van der Waals surface area contributed by atoms with Crippen LogP contribution in [-0.2, 0) is 0 Å². The third-order valence-corrected chi connectivity index (χ3v) is 6.81. The number of nitrogens with one attached hydrogen (secondary N) is 3. The van der Waals surface area contributed by atoms with Gasteiger partial charge in [-0.15, -0.1) is 0 Å². The molecular weight excluding hydrogens is 516 g/mol. The molecule has 0 atom stereocenters. The van der Waals surface area contributed by atoms with Gasteiger partial charge in [0.1, 0.15) is 0 Å². The van der Waals surface area contributed by atoms with Crippen LogP contribution >= 0.6 is 70.8 Å². The number of thiocarbonyl (C=S) groups is 2. The molecule has 1 heterocycles. The first-order valence-electron chi connectivity index (χ1n) is 9.55. The Morgan fingerprint density at radius 2 is 1.32 bits per heavy atom. The maximum absolute atomic E-state index is 6.07. The van der Waals surface area contributed by atoms with Crippen molar-refractivity contribution in [2.45, 2.75) is 0 Å². The highest BCUT2D eigenvalue weighted by Gasteiger charge is 2.19. The van der Waals surface area contributed by atoms with E-state index in [9.17, 15) is 0 Å². The van der Waals surface area contributed by atoms with Crippen LogP contribution in [0.2, 0.25) is 20.1 Å². The summed E-state index contributed by atoms with van der Waals surface area (Å²) < 4.78 is 0. The normalized spacial score (nSPS) is 14.3. The van der Waals surface area contributed by atoms with Crippen molar-refractivity contribution in [1.29, 1.82) is 0 Å². The molecule has 11 heteroatoms. The number of anilines is 2. The van der Waals surface area contributed by atoms with Crippen LogP contribution in [0.5, 0.6) is 0 Å². The zero-order valence-electron chi connectivity index (χ0n) is 16.4. The van der Waals surface area contributed by atoms with Crippen LogP contribution in [0.4, 0.5) is 11.4 Å². The Labute approximate surface area is 213 Å². The van der Waals surface area contributed by atoms with Gasteiger partial charge in [-0.1, -0.05) is 46.4 Å².